The predicted molar refractivity (Wildman–Crippen MR) is 71.9 cm³/mol. The van der Waals surface area contributed by atoms with Crippen LogP contribution in [0.25, 0.3) is 0 Å². The zero-order chi connectivity index (χ0) is 11.8. The lowest BCUT2D eigenvalue weighted by Crippen LogP contribution is -2.42. The van der Waals surface area contributed by atoms with Gasteiger partial charge in [0.15, 0.2) is 0 Å². The van der Waals surface area contributed by atoms with E-state index in [1.54, 1.807) is 0 Å². The van der Waals surface area contributed by atoms with Gasteiger partial charge in [0, 0.05) is 18.6 Å². The topological polar surface area (TPSA) is 15.3 Å². The van der Waals surface area contributed by atoms with Crippen molar-refractivity contribution in [2.45, 2.75) is 70.9 Å². The maximum absolute atomic E-state index is 3.33. The smallest absolute Gasteiger partial charge is 0.0223 e. The van der Waals surface area contributed by atoms with E-state index in [-0.39, 0.29) is 0 Å². The zero-order valence-electron chi connectivity index (χ0n) is 11.5. The Morgan fingerprint density at radius 1 is 1.31 bits per heavy atom. The van der Waals surface area contributed by atoms with Crippen LogP contribution in [0.3, 0.4) is 0 Å². The summed E-state index contributed by atoms with van der Waals surface area (Å²) >= 11 is 0. The first-order valence-electron chi connectivity index (χ1n) is 7.20. The molecule has 2 nitrogen and oxygen atoms in total. The molecule has 2 atom stereocenters. The number of likely N-dealkylation sites (N-methyl/N-ethyl adjacent to an activating group) is 1. The highest BCUT2D eigenvalue weighted by atomic mass is 15.2. The van der Waals surface area contributed by atoms with Gasteiger partial charge in [0.25, 0.3) is 0 Å². The second-order valence-corrected chi connectivity index (χ2v) is 5.29. The Morgan fingerprint density at radius 2 is 2.12 bits per heavy atom. The molecule has 0 aromatic carbocycles. The average molecular weight is 226 g/mol. The molecule has 1 saturated heterocycles. The summed E-state index contributed by atoms with van der Waals surface area (Å²) < 4.78 is 0. The van der Waals surface area contributed by atoms with E-state index in [1.165, 1.54) is 58.0 Å². The van der Waals surface area contributed by atoms with Crippen LogP contribution in [-0.4, -0.2) is 37.1 Å². The van der Waals surface area contributed by atoms with E-state index in [4.69, 9.17) is 0 Å². The molecule has 0 aromatic rings. The van der Waals surface area contributed by atoms with Gasteiger partial charge in [-0.2, -0.15) is 0 Å². The Balaban J connectivity index is 2.20. The van der Waals surface area contributed by atoms with Crippen molar-refractivity contribution in [1.29, 1.82) is 0 Å². The lowest BCUT2D eigenvalue weighted by molar-refractivity contribution is 0.178. The molecule has 16 heavy (non-hydrogen) atoms. The zero-order valence-corrected chi connectivity index (χ0v) is 11.5. The largest absolute Gasteiger partial charge is 0.318 e. The van der Waals surface area contributed by atoms with Crippen LogP contribution in [-0.2, 0) is 0 Å². The molecule has 1 aliphatic rings. The minimum absolute atomic E-state index is 0.790. The molecule has 0 radical (unpaired) electrons. The Hall–Kier alpha value is -0.0800. The third kappa shape index (κ3) is 4.42. The van der Waals surface area contributed by atoms with E-state index in [2.05, 4.69) is 31.1 Å². The van der Waals surface area contributed by atoms with Crippen molar-refractivity contribution in [2.24, 2.45) is 0 Å². The summed E-state index contributed by atoms with van der Waals surface area (Å²) in [6.45, 7) is 7.19. The van der Waals surface area contributed by atoms with Crippen LogP contribution < -0.4 is 5.32 Å². The average Bonchev–Trinajstić information content (AvgIpc) is 2.73. The van der Waals surface area contributed by atoms with Crippen LogP contribution in [0.4, 0.5) is 0 Å². The Labute approximate surface area is 102 Å². The van der Waals surface area contributed by atoms with Crippen molar-refractivity contribution in [1.82, 2.24) is 10.2 Å². The van der Waals surface area contributed by atoms with Gasteiger partial charge in [0.1, 0.15) is 0 Å². The van der Waals surface area contributed by atoms with Crippen LogP contribution >= 0.6 is 0 Å². The van der Waals surface area contributed by atoms with Crippen molar-refractivity contribution in [3.8, 4) is 0 Å². The Morgan fingerprint density at radius 3 is 2.81 bits per heavy atom. The highest BCUT2D eigenvalue weighted by Gasteiger charge is 2.27. The Kier molecular flexibility index (Phi) is 7.06. The quantitative estimate of drug-likeness (QED) is 0.640. The number of rotatable bonds is 8. The number of likely N-dealkylation sites (tertiary alicyclic amines) is 1. The maximum atomic E-state index is 3.33. The molecular formula is C14H30N2. The van der Waals surface area contributed by atoms with Crippen LogP contribution in [0, 0.1) is 0 Å². The van der Waals surface area contributed by atoms with Gasteiger partial charge in [-0.05, 0) is 39.8 Å². The molecule has 0 aliphatic carbocycles. The highest BCUT2D eigenvalue weighted by Crippen LogP contribution is 2.22. The van der Waals surface area contributed by atoms with Crippen molar-refractivity contribution in [2.75, 3.05) is 20.1 Å². The molecule has 1 fully saturated rings. The minimum atomic E-state index is 0.790. The summed E-state index contributed by atoms with van der Waals surface area (Å²) in [4.78, 5) is 2.72. The van der Waals surface area contributed by atoms with Crippen LogP contribution in [0.15, 0.2) is 0 Å². The van der Waals surface area contributed by atoms with Gasteiger partial charge < -0.3 is 5.32 Å². The van der Waals surface area contributed by atoms with E-state index >= 15 is 0 Å². The summed E-state index contributed by atoms with van der Waals surface area (Å²) in [5, 5.41) is 3.33. The van der Waals surface area contributed by atoms with Gasteiger partial charge >= 0.3 is 0 Å². The molecule has 2 unspecified atom stereocenters. The summed E-state index contributed by atoms with van der Waals surface area (Å²) in [5.41, 5.74) is 0. The van der Waals surface area contributed by atoms with Crippen LogP contribution in [0.2, 0.25) is 0 Å². The highest BCUT2D eigenvalue weighted by molar-refractivity contribution is 4.84. The fourth-order valence-electron chi connectivity index (χ4n) is 2.93. The molecule has 1 heterocycles. The summed E-state index contributed by atoms with van der Waals surface area (Å²) in [6.07, 6.45) is 9.77. The van der Waals surface area contributed by atoms with Crippen LogP contribution in [0.5, 0.6) is 0 Å². The number of unbranched alkanes of at least 4 members (excludes halogenated alkanes) is 3. The fourth-order valence-corrected chi connectivity index (χ4v) is 2.93. The second kappa shape index (κ2) is 8.08. The molecule has 96 valence electrons. The molecular weight excluding hydrogens is 196 g/mol. The SMILES string of the molecule is CCCCCCC(C)N1CCCC1CNC. The van der Waals surface area contributed by atoms with E-state index < -0.39 is 0 Å². The lowest BCUT2D eigenvalue weighted by Gasteiger charge is -2.30. The monoisotopic (exact) mass is 226 g/mol. The molecule has 0 aromatic heterocycles. The summed E-state index contributed by atoms with van der Waals surface area (Å²) in [7, 11) is 2.07. The summed E-state index contributed by atoms with van der Waals surface area (Å²) in [6, 6.07) is 1.59. The van der Waals surface area contributed by atoms with Crippen molar-refractivity contribution >= 4 is 0 Å². The molecule has 1 rings (SSSR count). The first-order valence-corrected chi connectivity index (χ1v) is 7.20. The maximum Gasteiger partial charge on any atom is 0.0223 e. The molecule has 0 bridgehead atoms. The van der Waals surface area contributed by atoms with Crippen molar-refractivity contribution in [3.63, 3.8) is 0 Å². The summed E-state index contributed by atoms with van der Waals surface area (Å²) in [5.74, 6) is 0. The van der Waals surface area contributed by atoms with Gasteiger partial charge in [-0.1, -0.05) is 32.6 Å². The molecule has 0 amide bonds. The normalized spacial score (nSPS) is 23.8. The van der Waals surface area contributed by atoms with Gasteiger partial charge in [-0.15, -0.1) is 0 Å². The first kappa shape index (κ1) is 14.0. The third-order valence-corrected chi connectivity index (χ3v) is 3.90. The van der Waals surface area contributed by atoms with Gasteiger partial charge in [-0.3, -0.25) is 4.90 Å². The van der Waals surface area contributed by atoms with Gasteiger partial charge in [0.05, 0.1) is 0 Å². The van der Waals surface area contributed by atoms with E-state index in [0.29, 0.717) is 0 Å². The lowest BCUT2D eigenvalue weighted by atomic mass is 10.1. The molecule has 2 heteroatoms. The second-order valence-electron chi connectivity index (χ2n) is 5.29. The predicted octanol–water partition coefficient (Wildman–Crippen LogP) is 3.03. The molecule has 0 spiro atoms. The van der Waals surface area contributed by atoms with E-state index in [9.17, 15) is 0 Å². The number of nitrogens with one attached hydrogen (secondary N) is 1. The minimum Gasteiger partial charge on any atom is -0.318 e. The fraction of sp³-hybridized carbons (Fsp3) is 1.00. The first-order chi connectivity index (χ1) is 7.79. The number of nitrogens with zero attached hydrogens (tertiary/aromatic N) is 1. The van der Waals surface area contributed by atoms with Crippen molar-refractivity contribution < 1.29 is 0 Å². The van der Waals surface area contributed by atoms with Crippen molar-refractivity contribution in [3.05, 3.63) is 0 Å². The molecule has 1 aliphatic heterocycles. The molecule has 0 saturated carbocycles. The van der Waals surface area contributed by atoms with E-state index in [0.717, 1.165) is 12.1 Å². The van der Waals surface area contributed by atoms with Gasteiger partial charge in [-0.25, -0.2) is 0 Å². The standard InChI is InChI=1S/C14H30N2/c1-4-5-6-7-9-13(2)16-11-8-10-14(16)12-15-3/h13-15H,4-12H2,1-3H3. The van der Waals surface area contributed by atoms with Crippen LogP contribution in [0.1, 0.15) is 58.8 Å². The van der Waals surface area contributed by atoms with Gasteiger partial charge in [0.2, 0.25) is 0 Å². The number of hydrogen-bond donors (Lipinski definition) is 1. The molecule has 1 N–H and O–H groups in total. The number of hydrogen-bond acceptors (Lipinski definition) is 2. The Bertz CT molecular complexity index is 170. The third-order valence-electron chi connectivity index (χ3n) is 3.90. The van der Waals surface area contributed by atoms with E-state index in [1.807, 2.05) is 0 Å².